The van der Waals surface area contributed by atoms with Crippen molar-refractivity contribution in [3.8, 4) is 0 Å². The molecule has 0 atom stereocenters. The largest absolute Gasteiger partial charge is 0.418 e. The Labute approximate surface area is 140 Å². The van der Waals surface area contributed by atoms with Gasteiger partial charge in [-0.3, -0.25) is 0 Å². The summed E-state index contributed by atoms with van der Waals surface area (Å²) in [6.07, 6.45) is -2.86. The van der Waals surface area contributed by atoms with Gasteiger partial charge < -0.3 is 15.1 Å². The number of urea groups is 1. The minimum Gasteiger partial charge on any atom is -0.351 e. The number of alkyl halides is 3. The number of aromatic nitrogens is 2. The van der Waals surface area contributed by atoms with Crippen molar-refractivity contribution in [3.05, 3.63) is 36.0 Å². The van der Waals surface area contributed by atoms with Gasteiger partial charge in [0.15, 0.2) is 5.82 Å². The van der Waals surface area contributed by atoms with Crippen LogP contribution in [0.25, 0.3) is 0 Å². The van der Waals surface area contributed by atoms with Crippen molar-refractivity contribution in [2.24, 2.45) is 0 Å². The molecule has 3 rings (SSSR count). The molecule has 1 N–H and O–H groups in total. The van der Waals surface area contributed by atoms with Gasteiger partial charge in [-0.05, 0) is 12.1 Å². The topological polar surface area (TPSA) is 61.4 Å². The van der Waals surface area contributed by atoms with E-state index in [0.29, 0.717) is 26.2 Å². The molecule has 1 aliphatic rings. The van der Waals surface area contributed by atoms with Crippen LogP contribution in [0, 0.1) is 0 Å². The van der Waals surface area contributed by atoms with E-state index >= 15 is 0 Å². The summed E-state index contributed by atoms with van der Waals surface area (Å²) in [6.45, 7) is 1.91. The molecule has 1 aliphatic heterocycles. The molecule has 0 bridgehead atoms. The molecule has 0 aliphatic carbocycles. The van der Waals surface area contributed by atoms with Gasteiger partial charge in [-0.1, -0.05) is 12.1 Å². The molecule has 0 spiro atoms. The first-order valence-corrected chi connectivity index (χ1v) is 7.93. The second-order valence-electron chi connectivity index (χ2n) is 5.21. The smallest absolute Gasteiger partial charge is 0.351 e. The maximum Gasteiger partial charge on any atom is 0.418 e. The van der Waals surface area contributed by atoms with E-state index in [1.807, 2.05) is 4.90 Å². The molecule has 0 radical (unpaired) electrons. The Bertz CT molecular complexity index is 699. The van der Waals surface area contributed by atoms with Crippen LogP contribution in [0.4, 0.5) is 29.5 Å². The highest BCUT2D eigenvalue weighted by Crippen LogP contribution is 2.34. The molecule has 128 valence electrons. The number of benzene rings is 1. The Morgan fingerprint density at radius 1 is 1.17 bits per heavy atom. The monoisotopic (exact) mass is 357 g/mol. The maximum absolute atomic E-state index is 13.0. The SMILES string of the molecule is O=C(Nc1ccccc1C(F)(F)F)N1CCN(c2cnsn2)CC1. The highest BCUT2D eigenvalue weighted by molar-refractivity contribution is 6.99. The third-order valence-corrected chi connectivity index (χ3v) is 4.18. The number of rotatable bonds is 2. The summed E-state index contributed by atoms with van der Waals surface area (Å²) in [5.74, 6) is 0.752. The van der Waals surface area contributed by atoms with E-state index in [1.165, 1.54) is 23.1 Å². The Morgan fingerprint density at radius 2 is 1.88 bits per heavy atom. The Hall–Kier alpha value is -2.36. The van der Waals surface area contributed by atoms with Crippen LogP contribution in [0.5, 0.6) is 0 Å². The third-order valence-electron chi connectivity index (χ3n) is 3.71. The number of piperazine rings is 1. The lowest BCUT2D eigenvalue weighted by Gasteiger charge is -2.34. The molecular formula is C14H14F3N5OS. The van der Waals surface area contributed by atoms with Crippen LogP contribution in [0.2, 0.25) is 0 Å². The fraction of sp³-hybridized carbons (Fsp3) is 0.357. The molecule has 10 heteroatoms. The number of hydrogen-bond donors (Lipinski definition) is 1. The van der Waals surface area contributed by atoms with Crippen molar-refractivity contribution >= 4 is 29.3 Å². The quantitative estimate of drug-likeness (QED) is 0.898. The summed E-state index contributed by atoms with van der Waals surface area (Å²) < 4.78 is 47.0. The minimum absolute atomic E-state index is 0.235. The number of carbonyl (C=O) groups is 1. The van der Waals surface area contributed by atoms with E-state index in [-0.39, 0.29) is 5.69 Å². The van der Waals surface area contributed by atoms with Crippen LogP contribution in [-0.2, 0) is 6.18 Å². The number of amides is 2. The van der Waals surface area contributed by atoms with Crippen molar-refractivity contribution in [1.29, 1.82) is 0 Å². The van der Waals surface area contributed by atoms with Gasteiger partial charge in [0.1, 0.15) is 0 Å². The number of nitrogens with one attached hydrogen (secondary N) is 1. The fourth-order valence-electron chi connectivity index (χ4n) is 2.47. The number of halogens is 3. The lowest BCUT2D eigenvalue weighted by atomic mass is 10.1. The van der Waals surface area contributed by atoms with Crippen LogP contribution in [0.15, 0.2) is 30.5 Å². The predicted molar refractivity (Wildman–Crippen MR) is 84.2 cm³/mol. The first-order valence-electron chi connectivity index (χ1n) is 7.20. The van der Waals surface area contributed by atoms with Crippen molar-refractivity contribution in [1.82, 2.24) is 13.6 Å². The van der Waals surface area contributed by atoms with Gasteiger partial charge in [0.05, 0.1) is 29.2 Å². The summed E-state index contributed by atoms with van der Waals surface area (Å²) in [7, 11) is 0. The van der Waals surface area contributed by atoms with Gasteiger partial charge in [0, 0.05) is 26.2 Å². The summed E-state index contributed by atoms with van der Waals surface area (Å²) in [5.41, 5.74) is -1.09. The Morgan fingerprint density at radius 3 is 2.50 bits per heavy atom. The van der Waals surface area contributed by atoms with Crippen LogP contribution >= 0.6 is 11.7 Å². The van der Waals surface area contributed by atoms with Gasteiger partial charge in [0.2, 0.25) is 0 Å². The Kier molecular flexibility index (Phi) is 4.56. The first kappa shape index (κ1) is 16.5. The molecule has 1 fully saturated rings. The number of hydrogen-bond acceptors (Lipinski definition) is 5. The van der Waals surface area contributed by atoms with Gasteiger partial charge in [-0.2, -0.15) is 21.9 Å². The zero-order chi connectivity index (χ0) is 17.2. The lowest BCUT2D eigenvalue weighted by Crippen LogP contribution is -2.50. The van der Waals surface area contributed by atoms with E-state index in [1.54, 1.807) is 6.20 Å². The molecule has 1 saturated heterocycles. The van der Waals surface area contributed by atoms with Crippen molar-refractivity contribution in [3.63, 3.8) is 0 Å². The number of nitrogens with zero attached hydrogens (tertiary/aromatic N) is 4. The van der Waals surface area contributed by atoms with Gasteiger partial charge in [-0.15, -0.1) is 0 Å². The summed E-state index contributed by atoms with van der Waals surface area (Å²) in [6, 6.07) is 4.40. The fourth-order valence-corrected chi connectivity index (χ4v) is 2.91. The molecule has 0 saturated carbocycles. The van der Waals surface area contributed by atoms with Crippen LogP contribution in [0.1, 0.15) is 5.56 Å². The zero-order valence-corrected chi connectivity index (χ0v) is 13.3. The van der Waals surface area contributed by atoms with Crippen molar-refractivity contribution in [2.75, 3.05) is 36.4 Å². The zero-order valence-electron chi connectivity index (χ0n) is 12.5. The first-order chi connectivity index (χ1) is 11.4. The number of para-hydroxylation sites is 1. The molecule has 1 aromatic carbocycles. The highest BCUT2D eigenvalue weighted by atomic mass is 32.1. The maximum atomic E-state index is 13.0. The average molecular weight is 357 g/mol. The molecule has 2 aromatic rings. The molecule has 2 heterocycles. The van der Waals surface area contributed by atoms with Crippen LogP contribution < -0.4 is 10.2 Å². The van der Waals surface area contributed by atoms with E-state index < -0.39 is 17.8 Å². The molecule has 1 aromatic heterocycles. The minimum atomic E-state index is -4.51. The molecule has 0 unspecified atom stereocenters. The van der Waals surface area contributed by atoms with Gasteiger partial charge in [-0.25, -0.2) is 4.79 Å². The number of carbonyl (C=O) groups excluding carboxylic acids is 1. The normalized spacial score (nSPS) is 15.5. The highest BCUT2D eigenvalue weighted by Gasteiger charge is 2.34. The summed E-state index contributed by atoms with van der Waals surface area (Å²) in [4.78, 5) is 15.7. The van der Waals surface area contributed by atoms with Crippen molar-refractivity contribution < 1.29 is 18.0 Å². The second-order valence-corrected chi connectivity index (χ2v) is 5.77. The Balaban J connectivity index is 1.63. The molecule has 24 heavy (non-hydrogen) atoms. The second kappa shape index (κ2) is 6.63. The van der Waals surface area contributed by atoms with E-state index in [0.717, 1.165) is 23.6 Å². The van der Waals surface area contributed by atoms with Crippen LogP contribution in [0.3, 0.4) is 0 Å². The standard InChI is InChI=1S/C14H14F3N5OS/c15-14(16,17)10-3-1-2-4-11(10)19-13(23)22-7-5-21(6-8-22)12-9-18-24-20-12/h1-4,9H,5-8H2,(H,19,23). The average Bonchev–Trinajstić information content (AvgIpc) is 3.09. The van der Waals surface area contributed by atoms with Crippen molar-refractivity contribution in [2.45, 2.75) is 6.18 Å². The van der Waals surface area contributed by atoms with E-state index in [4.69, 9.17) is 0 Å². The molecule has 6 nitrogen and oxygen atoms in total. The van der Waals surface area contributed by atoms with E-state index in [9.17, 15) is 18.0 Å². The van der Waals surface area contributed by atoms with Crippen LogP contribution in [-0.4, -0.2) is 45.9 Å². The lowest BCUT2D eigenvalue weighted by molar-refractivity contribution is -0.136. The van der Waals surface area contributed by atoms with Gasteiger partial charge in [0.25, 0.3) is 0 Å². The molecular weight excluding hydrogens is 343 g/mol. The number of anilines is 2. The predicted octanol–water partition coefficient (Wildman–Crippen LogP) is 2.91. The summed E-state index contributed by atoms with van der Waals surface area (Å²) >= 11 is 1.10. The van der Waals surface area contributed by atoms with Gasteiger partial charge >= 0.3 is 12.2 Å². The third kappa shape index (κ3) is 3.58. The molecule has 2 amide bonds. The summed E-state index contributed by atoms with van der Waals surface area (Å²) in [5, 5.41) is 2.36. The van der Waals surface area contributed by atoms with E-state index in [2.05, 4.69) is 14.1 Å².